The molecule has 1 aliphatic heterocycles. The van der Waals surface area contributed by atoms with E-state index in [1.165, 1.54) is 12.3 Å². The quantitative estimate of drug-likeness (QED) is 0.139. The Balaban J connectivity index is 1.25. The van der Waals surface area contributed by atoms with E-state index in [1.807, 2.05) is 54.6 Å². The first-order valence-corrected chi connectivity index (χ1v) is 12.4. The standard InChI is InChI=1S/C27H20BrN3O5/c28-21-10-15(13-29-30-26(32)23-17-8-9-18(12-17)24(23)27(30)33)11-22(31(34)35)25(21)36-14-19-6-3-5-16-4-1-2-7-20(16)19/h1-11,13,17-18,23-24H,12,14H2/t17-,18-,23-,24+/m0/s1. The van der Waals surface area contributed by atoms with Gasteiger partial charge in [-0.05, 0) is 56.6 Å². The van der Waals surface area contributed by atoms with Crippen molar-refractivity contribution >= 4 is 50.4 Å². The van der Waals surface area contributed by atoms with Gasteiger partial charge < -0.3 is 4.74 Å². The van der Waals surface area contributed by atoms with E-state index in [4.69, 9.17) is 4.74 Å². The number of halogens is 1. The van der Waals surface area contributed by atoms with E-state index >= 15 is 0 Å². The molecule has 0 radical (unpaired) electrons. The highest BCUT2D eigenvalue weighted by Gasteiger charge is 2.59. The zero-order chi connectivity index (χ0) is 25.0. The molecule has 3 aliphatic rings. The van der Waals surface area contributed by atoms with Crippen molar-refractivity contribution < 1.29 is 19.2 Å². The number of fused-ring (bicyclic) bond motifs is 6. The van der Waals surface area contributed by atoms with Gasteiger partial charge in [-0.2, -0.15) is 10.1 Å². The highest BCUT2D eigenvalue weighted by Crippen LogP contribution is 2.52. The molecule has 1 saturated heterocycles. The number of rotatable bonds is 6. The molecule has 2 amide bonds. The number of nitro groups is 1. The van der Waals surface area contributed by atoms with Crippen LogP contribution in [0.5, 0.6) is 5.75 Å². The Morgan fingerprint density at radius 3 is 2.47 bits per heavy atom. The number of carbonyl (C=O) groups excluding carboxylic acids is 2. The Morgan fingerprint density at radius 2 is 1.75 bits per heavy atom. The summed E-state index contributed by atoms with van der Waals surface area (Å²) in [6.45, 7) is 0.143. The fraction of sp³-hybridized carbons (Fsp3) is 0.222. The van der Waals surface area contributed by atoms with Crippen molar-refractivity contribution in [2.75, 3.05) is 0 Å². The second-order valence-corrected chi connectivity index (χ2v) is 10.1. The van der Waals surface area contributed by atoms with Crippen LogP contribution in [0.1, 0.15) is 17.5 Å². The number of carbonyl (C=O) groups is 2. The number of allylic oxidation sites excluding steroid dienone is 2. The molecule has 0 unspecified atom stereocenters. The number of ether oxygens (including phenoxy) is 1. The first-order chi connectivity index (χ1) is 17.4. The summed E-state index contributed by atoms with van der Waals surface area (Å²) in [6.07, 6.45) is 6.17. The maximum Gasteiger partial charge on any atom is 0.312 e. The Morgan fingerprint density at radius 1 is 1.06 bits per heavy atom. The predicted octanol–water partition coefficient (Wildman–Crippen LogP) is 5.23. The van der Waals surface area contributed by atoms with Crippen molar-refractivity contribution in [3.8, 4) is 5.75 Å². The number of nitro benzene ring substituents is 1. The fourth-order valence-electron chi connectivity index (χ4n) is 5.65. The molecule has 3 aromatic rings. The topological polar surface area (TPSA) is 102 Å². The van der Waals surface area contributed by atoms with E-state index in [0.29, 0.717) is 10.0 Å². The average molecular weight is 546 g/mol. The van der Waals surface area contributed by atoms with Crippen LogP contribution < -0.4 is 4.74 Å². The number of benzene rings is 3. The van der Waals surface area contributed by atoms with Crippen LogP contribution in [0.4, 0.5) is 5.69 Å². The smallest absolute Gasteiger partial charge is 0.312 e. The van der Waals surface area contributed by atoms with E-state index in [2.05, 4.69) is 21.0 Å². The Kier molecular flexibility index (Phi) is 5.44. The van der Waals surface area contributed by atoms with Crippen molar-refractivity contribution in [1.29, 1.82) is 0 Å². The molecule has 1 saturated carbocycles. The zero-order valence-electron chi connectivity index (χ0n) is 18.9. The first kappa shape index (κ1) is 22.6. The van der Waals surface area contributed by atoms with Crippen molar-refractivity contribution in [1.82, 2.24) is 5.01 Å². The van der Waals surface area contributed by atoms with E-state index in [9.17, 15) is 19.7 Å². The molecule has 0 aromatic heterocycles. The third-order valence-corrected chi connectivity index (χ3v) is 7.85. The van der Waals surface area contributed by atoms with Gasteiger partial charge in [-0.1, -0.05) is 54.6 Å². The van der Waals surface area contributed by atoms with Crippen LogP contribution in [0.15, 0.2) is 76.3 Å². The lowest BCUT2D eigenvalue weighted by atomic mass is 9.85. The van der Waals surface area contributed by atoms with Crippen molar-refractivity contribution in [2.24, 2.45) is 28.8 Å². The highest BCUT2D eigenvalue weighted by molar-refractivity contribution is 9.10. The molecule has 1 heterocycles. The monoisotopic (exact) mass is 545 g/mol. The lowest BCUT2D eigenvalue weighted by Gasteiger charge is -2.13. The molecule has 6 rings (SSSR count). The maximum atomic E-state index is 12.8. The second-order valence-electron chi connectivity index (χ2n) is 9.27. The van der Waals surface area contributed by atoms with Gasteiger partial charge in [-0.15, -0.1) is 0 Å². The van der Waals surface area contributed by atoms with Crippen LogP contribution >= 0.6 is 15.9 Å². The summed E-state index contributed by atoms with van der Waals surface area (Å²) in [5.74, 6) is -1.04. The summed E-state index contributed by atoms with van der Waals surface area (Å²) in [6, 6.07) is 16.6. The molecular weight excluding hydrogens is 526 g/mol. The van der Waals surface area contributed by atoms with Crippen LogP contribution in [0.3, 0.4) is 0 Å². The van der Waals surface area contributed by atoms with Crippen LogP contribution in [-0.2, 0) is 16.2 Å². The third-order valence-electron chi connectivity index (χ3n) is 7.26. The summed E-state index contributed by atoms with van der Waals surface area (Å²) in [5, 5.41) is 19.0. The fourth-order valence-corrected chi connectivity index (χ4v) is 6.23. The lowest BCUT2D eigenvalue weighted by molar-refractivity contribution is -0.386. The average Bonchev–Trinajstić information content (AvgIpc) is 3.55. The molecule has 2 fully saturated rings. The molecule has 0 spiro atoms. The number of nitrogens with zero attached hydrogens (tertiary/aromatic N) is 3. The van der Waals surface area contributed by atoms with Crippen LogP contribution in [0.25, 0.3) is 10.8 Å². The molecule has 2 aliphatic carbocycles. The lowest BCUT2D eigenvalue weighted by Crippen LogP contribution is -2.28. The summed E-state index contributed by atoms with van der Waals surface area (Å²) < 4.78 is 6.28. The Labute approximate surface area is 214 Å². The van der Waals surface area contributed by atoms with Gasteiger partial charge in [-0.25, -0.2) is 0 Å². The van der Waals surface area contributed by atoms with Crippen LogP contribution in [0, 0.1) is 33.8 Å². The van der Waals surface area contributed by atoms with E-state index in [1.54, 1.807) is 6.07 Å². The summed E-state index contributed by atoms with van der Waals surface area (Å²) in [4.78, 5) is 37.0. The highest BCUT2D eigenvalue weighted by atomic mass is 79.9. The first-order valence-electron chi connectivity index (χ1n) is 11.6. The molecule has 36 heavy (non-hydrogen) atoms. The molecule has 3 aromatic carbocycles. The van der Waals surface area contributed by atoms with Crippen LogP contribution in [0.2, 0.25) is 0 Å². The number of amides is 2. The molecule has 0 N–H and O–H groups in total. The predicted molar refractivity (Wildman–Crippen MR) is 136 cm³/mol. The number of hydrazone groups is 1. The van der Waals surface area contributed by atoms with Gasteiger partial charge >= 0.3 is 5.69 Å². The third kappa shape index (κ3) is 3.62. The van der Waals surface area contributed by atoms with E-state index in [0.717, 1.165) is 27.8 Å². The van der Waals surface area contributed by atoms with Gasteiger partial charge in [0.15, 0.2) is 0 Å². The van der Waals surface area contributed by atoms with Crippen LogP contribution in [-0.4, -0.2) is 28.0 Å². The number of hydrogen-bond donors (Lipinski definition) is 0. The molecule has 9 heteroatoms. The van der Waals surface area contributed by atoms with Gasteiger partial charge in [0.25, 0.3) is 11.8 Å². The van der Waals surface area contributed by atoms with Gasteiger partial charge in [0.1, 0.15) is 6.61 Å². The van der Waals surface area contributed by atoms with E-state index < -0.39 is 4.92 Å². The van der Waals surface area contributed by atoms with E-state index in [-0.39, 0.29) is 53.5 Å². The van der Waals surface area contributed by atoms with Gasteiger partial charge in [-0.3, -0.25) is 19.7 Å². The maximum absolute atomic E-state index is 12.8. The van der Waals surface area contributed by atoms with Gasteiger partial charge in [0.2, 0.25) is 5.75 Å². The second kappa shape index (κ2) is 8.67. The van der Waals surface area contributed by atoms with Gasteiger partial charge in [0.05, 0.1) is 27.4 Å². The number of hydrogen-bond acceptors (Lipinski definition) is 6. The van der Waals surface area contributed by atoms with Gasteiger partial charge in [0, 0.05) is 11.6 Å². The minimum Gasteiger partial charge on any atom is -0.481 e. The summed E-state index contributed by atoms with van der Waals surface area (Å²) in [7, 11) is 0. The summed E-state index contributed by atoms with van der Waals surface area (Å²) in [5.41, 5.74) is 1.02. The Bertz CT molecular complexity index is 1460. The Hall–Kier alpha value is -3.85. The zero-order valence-corrected chi connectivity index (χ0v) is 20.5. The minimum absolute atomic E-state index is 0.0880. The number of imide groups is 1. The van der Waals surface area contributed by atoms with Crippen molar-refractivity contribution in [2.45, 2.75) is 13.0 Å². The minimum atomic E-state index is -0.527. The molecule has 4 atom stereocenters. The molecule has 180 valence electrons. The normalized spacial score (nSPS) is 24.3. The molecule has 8 nitrogen and oxygen atoms in total. The molecule has 2 bridgehead atoms. The molecular formula is C27H20BrN3O5. The van der Waals surface area contributed by atoms with Crippen molar-refractivity contribution in [3.63, 3.8) is 0 Å². The summed E-state index contributed by atoms with van der Waals surface area (Å²) >= 11 is 3.38. The largest absolute Gasteiger partial charge is 0.481 e. The van der Waals surface area contributed by atoms with Crippen molar-refractivity contribution in [3.05, 3.63) is 92.5 Å². The SMILES string of the molecule is O=C1[C@@H]2[C@H](C(=O)N1N=Cc1cc(Br)c(OCc3cccc4ccccc34)c([N+](=O)[O-])c1)[C@H]1C=C[C@H]2C1.